The Balaban J connectivity index is 1.28. The number of aryl methyl sites for hydroxylation is 1. The number of rotatable bonds is 8. The number of nitrogens with one attached hydrogen (secondary N) is 3. The Labute approximate surface area is 247 Å². The van der Waals surface area contributed by atoms with Crippen molar-refractivity contribution in [3.05, 3.63) is 137 Å². The minimum atomic E-state index is -1.03. The molecular weight excluding hydrogens is 547 g/mol. The van der Waals surface area contributed by atoms with Gasteiger partial charge in [-0.2, -0.15) is 5.10 Å². The van der Waals surface area contributed by atoms with Crippen LogP contribution in [0.1, 0.15) is 27.0 Å². The lowest BCUT2D eigenvalue weighted by Crippen LogP contribution is -2.33. The van der Waals surface area contributed by atoms with Gasteiger partial charge in [-0.15, -0.1) is 0 Å². The highest BCUT2D eigenvalue weighted by Gasteiger charge is 2.18. The normalized spacial score (nSPS) is 10.8. The molecule has 0 aliphatic carbocycles. The smallest absolute Gasteiger partial charge is 0.329 e. The Hall–Kier alpha value is -5.83. The van der Waals surface area contributed by atoms with Crippen molar-refractivity contribution in [3.8, 4) is 5.75 Å². The van der Waals surface area contributed by atoms with Crippen molar-refractivity contribution in [2.45, 2.75) is 13.5 Å². The minimum absolute atomic E-state index is 0.169. The van der Waals surface area contributed by atoms with Crippen molar-refractivity contribution in [1.82, 2.24) is 5.43 Å². The molecule has 0 radical (unpaired) electrons. The van der Waals surface area contributed by atoms with E-state index < -0.39 is 17.7 Å². The lowest BCUT2D eigenvalue weighted by atomic mass is 10.0. The lowest BCUT2D eigenvalue weighted by Gasteiger charge is -2.12. The fraction of sp³-hybridized carbons (Fsp3) is 0.0588. The zero-order valence-electron chi connectivity index (χ0n) is 23.1. The van der Waals surface area contributed by atoms with Crippen LogP contribution in [0.3, 0.4) is 0 Å². The average molecular weight is 575 g/mol. The number of carbonyl (C=O) groups excluding carboxylic acids is 3. The van der Waals surface area contributed by atoms with E-state index in [0.717, 1.165) is 21.9 Å². The van der Waals surface area contributed by atoms with E-state index in [-0.39, 0.29) is 23.7 Å². The van der Waals surface area contributed by atoms with E-state index in [1.807, 2.05) is 55.5 Å². The van der Waals surface area contributed by atoms with Gasteiger partial charge < -0.3 is 15.4 Å². The van der Waals surface area contributed by atoms with E-state index in [9.17, 15) is 18.8 Å². The number of anilines is 2. The summed E-state index contributed by atoms with van der Waals surface area (Å²) in [7, 11) is 0. The monoisotopic (exact) mass is 574 g/mol. The van der Waals surface area contributed by atoms with Crippen LogP contribution in [0, 0.1) is 12.7 Å². The van der Waals surface area contributed by atoms with Crippen LogP contribution in [-0.2, 0) is 16.2 Å². The molecule has 214 valence electrons. The van der Waals surface area contributed by atoms with Crippen molar-refractivity contribution in [3.63, 3.8) is 0 Å². The SMILES string of the molecule is Cc1cccc(NC(=O)c2ccccc2NC(=O)C(=O)N/N=C/c2c(OCc3ccc(F)cc3)ccc3ccccc23)c1. The van der Waals surface area contributed by atoms with Crippen molar-refractivity contribution in [1.29, 1.82) is 0 Å². The fourth-order valence-electron chi connectivity index (χ4n) is 4.37. The molecule has 0 aliphatic rings. The van der Waals surface area contributed by atoms with Crippen LogP contribution in [0.2, 0.25) is 0 Å². The molecule has 9 heteroatoms. The number of hydrogen-bond donors (Lipinski definition) is 3. The predicted octanol–water partition coefficient (Wildman–Crippen LogP) is 6.21. The molecule has 5 rings (SSSR count). The van der Waals surface area contributed by atoms with Gasteiger partial charge >= 0.3 is 11.8 Å². The third-order valence-electron chi connectivity index (χ3n) is 6.50. The van der Waals surface area contributed by atoms with E-state index in [4.69, 9.17) is 4.74 Å². The van der Waals surface area contributed by atoms with Gasteiger partial charge in [-0.3, -0.25) is 14.4 Å². The van der Waals surface area contributed by atoms with Gasteiger partial charge in [-0.1, -0.05) is 66.7 Å². The predicted molar refractivity (Wildman–Crippen MR) is 165 cm³/mol. The van der Waals surface area contributed by atoms with Crippen molar-refractivity contribution in [2.75, 3.05) is 10.6 Å². The van der Waals surface area contributed by atoms with Gasteiger partial charge in [0.25, 0.3) is 5.91 Å². The molecule has 0 fully saturated rings. The molecule has 3 amide bonds. The zero-order valence-corrected chi connectivity index (χ0v) is 23.1. The molecule has 0 atom stereocenters. The first-order chi connectivity index (χ1) is 20.9. The number of para-hydroxylation sites is 1. The molecular formula is C34H27FN4O4. The summed E-state index contributed by atoms with van der Waals surface area (Å²) in [5, 5.41) is 11.0. The van der Waals surface area contributed by atoms with Crippen molar-refractivity contribution in [2.24, 2.45) is 5.10 Å². The molecule has 8 nitrogen and oxygen atoms in total. The average Bonchev–Trinajstić information content (AvgIpc) is 3.01. The van der Waals surface area contributed by atoms with Crippen molar-refractivity contribution >= 4 is 46.1 Å². The third-order valence-corrected chi connectivity index (χ3v) is 6.50. The second-order valence-electron chi connectivity index (χ2n) is 9.64. The zero-order chi connectivity index (χ0) is 30.2. The van der Waals surface area contributed by atoms with E-state index in [1.54, 1.807) is 42.5 Å². The first-order valence-electron chi connectivity index (χ1n) is 13.4. The highest BCUT2D eigenvalue weighted by Crippen LogP contribution is 2.27. The van der Waals surface area contributed by atoms with Gasteiger partial charge in [-0.05, 0) is 71.3 Å². The summed E-state index contributed by atoms with van der Waals surface area (Å²) in [6.45, 7) is 2.10. The lowest BCUT2D eigenvalue weighted by molar-refractivity contribution is -0.136. The van der Waals surface area contributed by atoms with Crippen LogP contribution >= 0.6 is 0 Å². The molecule has 0 spiro atoms. The van der Waals surface area contributed by atoms with E-state index in [2.05, 4.69) is 21.2 Å². The molecule has 0 unspecified atom stereocenters. The summed E-state index contributed by atoms with van der Waals surface area (Å²) < 4.78 is 19.3. The minimum Gasteiger partial charge on any atom is -0.488 e. The maximum Gasteiger partial charge on any atom is 0.329 e. The number of ether oxygens (including phenoxy) is 1. The van der Waals surface area contributed by atoms with Crippen LogP contribution in [0.25, 0.3) is 10.8 Å². The summed E-state index contributed by atoms with van der Waals surface area (Å²) in [6, 6.07) is 30.9. The fourth-order valence-corrected chi connectivity index (χ4v) is 4.37. The Morgan fingerprint density at radius 1 is 0.814 bits per heavy atom. The number of hydrogen-bond acceptors (Lipinski definition) is 5. The summed E-state index contributed by atoms with van der Waals surface area (Å²) in [5.41, 5.74) is 5.53. The maximum atomic E-state index is 13.3. The number of hydrazone groups is 1. The number of benzene rings is 5. The van der Waals surface area contributed by atoms with Gasteiger partial charge in [-0.25, -0.2) is 9.82 Å². The Morgan fingerprint density at radius 3 is 2.40 bits per heavy atom. The van der Waals surface area contributed by atoms with Gasteiger partial charge in [0, 0.05) is 11.3 Å². The quantitative estimate of drug-likeness (QED) is 0.116. The first-order valence-corrected chi connectivity index (χ1v) is 13.4. The Morgan fingerprint density at radius 2 is 1.58 bits per heavy atom. The van der Waals surface area contributed by atoms with Gasteiger partial charge in [0.05, 0.1) is 17.5 Å². The topological polar surface area (TPSA) is 109 Å². The summed E-state index contributed by atoms with van der Waals surface area (Å²) in [4.78, 5) is 38.3. The summed E-state index contributed by atoms with van der Waals surface area (Å²) >= 11 is 0. The number of nitrogens with zero attached hydrogens (tertiary/aromatic N) is 1. The van der Waals surface area contributed by atoms with Gasteiger partial charge in [0.15, 0.2) is 0 Å². The largest absolute Gasteiger partial charge is 0.488 e. The molecule has 5 aromatic carbocycles. The van der Waals surface area contributed by atoms with Crippen molar-refractivity contribution < 1.29 is 23.5 Å². The molecule has 0 saturated carbocycles. The number of carbonyl (C=O) groups is 3. The Bertz CT molecular complexity index is 1840. The van der Waals surface area contributed by atoms with Crippen LogP contribution in [0.15, 0.2) is 114 Å². The summed E-state index contributed by atoms with van der Waals surface area (Å²) in [6.07, 6.45) is 1.40. The number of amides is 3. The number of halogens is 1. The van der Waals surface area contributed by atoms with Gasteiger partial charge in [0.1, 0.15) is 18.2 Å². The molecule has 0 aromatic heterocycles. The second-order valence-corrected chi connectivity index (χ2v) is 9.64. The molecule has 3 N–H and O–H groups in total. The molecule has 43 heavy (non-hydrogen) atoms. The van der Waals surface area contributed by atoms with Crippen LogP contribution in [0.4, 0.5) is 15.8 Å². The van der Waals surface area contributed by atoms with Crippen LogP contribution in [0.5, 0.6) is 5.75 Å². The standard InChI is InChI=1S/C34H27FN4O4/c1-22-7-6-9-26(19-22)37-32(40)28-11-4-5-12-30(28)38-33(41)34(42)39-36-20-29-27-10-3-2-8-24(27)15-18-31(29)43-21-23-13-16-25(35)17-14-23/h2-20H,21H2,1H3,(H,37,40)(H,38,41)(H,39,42)/b36-20+. The Kier molecular flexibility index (Phi) is 8.82. The first kappa shape index (κ1) is 28.7. The maximum absolute atomic E-state index is 13.3. The molecule has 0 bridgehead atoms. The summed E-state index contributed by atoms with van der Waals surface area (Å²) in [5.74, 6) is -2.32. The molecule has 0 aliphatic heterocycles. The number of fused-ring (bicyclic) bond motifs is 1. The van der Waals surface area contributed by atoms with E-state index in [1.165, 1.54) is 24.4 Å². The highest BCUT2D eigenvalue weighted by atomic mass is 19.1. The van der Waals surface area contributed by atoms with Crippen LogP contribution < -0.4 is 20.8 Å². The second kappa shape index (κ2) is 13.2. The molecule has 0 saturated heterocycles. The molecule has 0 heterocycles. The molecule has 5 aromatic rings. The van der Waals surface area contributed by atoms with Gasteiger partial charge in [0.2, 0.25) is 0 Å². The van der Waals surface area contributed by atoms with E-state index >= 15 is 0 Å². The van der Waals surface area contributed by atoms with E-state index in [0.29, 0.717) is 17.0 Å². The third kappa shape index (κ3) is 7.28. The van der Waals surface area contributed by atoms with Crippen LogP contribution in [-0.4, -0.2) is 23.9 Å². The highest BCUT2D eigenvalue weighted by molar-refractivity contribution is 6.40.